The number of carbonyl (C=O) groups excluding carboxylic acids is 1. The van der Waals surface area contributed by atoms with Crippen LogP contribution in [-0.2, 0) is 11.2 Å². The summed E-state index contributed by atoms with van der Waals surface area (Å²) in [5.41, 5.74) is 2.52. The number of amides is 1. The molecule has 94 valence electrons. The number of hydrogen-bond donors (Lipinski definition) is 2. The van der Waals surface area contributed by atoms with Gasteiger partial charge in [-0.2, -0.15) is 0 Å². The third-order valence-corrected chi connectivity index (χ3v) is 2.93. The van der Waals surface area contributed by atoms with Gasteiger partial charge in [0.25, 0.3) is 0 Å². The van der Waals surface area contributed by atoms with Gasteiger partial charge in [-0.05, 0) is 23.8 Å². The number of H-pyrrole nitrogens is 1. The van der Waals surface area contributed by atoms with Gasteiger partial charge in [0.05, 0.1) is 17.6 Å². The second kappa shape index (κ2) is 4.94. The van der Waals surface area contributed by atoms with Gasteiger partial charge in [-0.3, -0.25) is 9.78 Å². The van der Waals surface area contributed by atoms with Crippen molar-refractivity contribution < 1.29 is 4.79 Å². The first-order chi connectivity index (χ1) is 9.33. The van der Waals surface area contributed by atoms with Crippen LogP contribution in [0.5, 0.6) is 0 Å². The number of pyridine rings is 1. The molecule has 3 rings (SSSR count). The zero-order valence-electron chi connectivity index (χ0n) is 10.3. The maximum Gasteiger partial charge on any atom is 0.228 e. The number of fused-ring (bicyclic) bond motifs is 1. The quantitative estimate of drug-likeness (QED) is 0.752. The lowest BCUT2D eigenvalue weighted by Gasteiger charge is -2.07. The Balaban J connectivity index is 1.83. The Kier molecular flexibility index (Phi) is 2.98. The highest BCUT2D eigenvalue weighted by Gasteiger charge is 2.07. The normalized spacial score (nSPS) is 10.5. The van der Waals surface area contributed by atoms with Gasteiger partial charge < -0.3 is 10.3 Å². The van der Waals surface area contributed by atoms with Crippen molar-refractivity contribution in [2.45, 2.75) is 6.42 Å². The van der Waals surface area contributed by atoms with Crippen molar-refractivity contribution in [1.82, 2.24) is 9.97 Å². The van der Waals surface area contributed by atoms with Gasteiger partial charge in [-0.1, -0.05) is 18.2 Å². The maximum atomic E-state index is 12.0. The Morgan fingerprint density at radius 1 is 1.21 bits per heavy atom. The van der Waals surface area contributed by atoms with E-state index in [2.05, 4.69) is 15.3 Å². The predicted octanol–water partition coefficient (Wildman–Crippen LogP) is 2.74. The third-order valence-electron chi connectivity index (χ3n) is 2.93. The fraction of sp³-hybridized carbons (Fsp3) is 0.0667. The predicted molar refractivity (Wildman–Crippen MR) is 74.9 cm³/mol. The fourth-order valence-electron chi connectivity index (χ4n) is 2.05. The van der Waals surface area contributed by atoms with Crippen molar-refractivity contribution in [2.24, 2.45) is 0 Å². The molecule has 4 nitrogen and oxygen atoms in total. The van der Waals surface area contributed by atoms with Crippen LogP contribution in [0.1, 0.15) is 5.56 Å². The number of benzene rings is 1. The summed E-state index contributed by atoms with van der Waals surface area (Å²) in [6.07, 6.45) is 5.71. The Morgan fingerprint density at radius 2 is 2.11 bits per heavy atom. The highest BCUT2D eigenvalue weighted by molar-refractivity contribution is 6.00. The average Bonchev–Trinajstić information content (AvgIpc) is 2.92. The molecule has 0 aliphatic heterocycles. The molecule has 2 N–H and O–H groups in total. The van der Waals surface area contributed by atoms with Gasteiger partial charge in [0.2, 0.25) is 5.91 Å². The highest BCUT2D eigenvalue weighted by Crippen LogP contribution is 2.20. The van der Waals surface area contributed by atoms with Crippen LogP contribution in [0.15, 0.2) is 55.0 Å². The number of anilines is 1. The summed E-state index contributed by atoms with van der Waals surface area (Å²) in [5.74, 6) is -0.0437. The fourth-order valence-corrected chi connectivity index (χ4v) is 2.05. The van der Waals surface area contributed by atoms with Crippen LogP contribution < -0.4 is 5.32 Å². The number of carbonyl (C=O) groups is 1. The summed E-state index contributed by atoms with van der Waals surface area (Å²) in [5, 5.41) is 3.92. The first kappa shape index (κ1) is 11.5. The van der Waals surface area contributed by atoms with Crippen LogP contribution in [0.3, 0.4) is 0 Å². The number of aromatic nitrogens is 2. The Morgan fingerprint density at radius 3 is 2.95 bits per heavy atom. The summed E-state index contributed by atoms with van der Waals surface area (Å²) < 4.78 is 0. The van der Waals surface area contributed by atoms with Crippen LogP contribution in [0, 0.1) is 0 Å². The van der Waals surface area contributed by atoms with Crippen molar-refractivity contribution in [2.75, 3.05) is 5.32 Å². The summed E-state index contributed by atoms with van der Waals surface area (Å²) >= 11 is 0. The van der Waals surface area contributed by atoms with Crippen molar-refractivity contribution >= 4 is 22.5 Å². The van der Waals surface area contributed by atoms with Crippen molar-refractivity contribution in [3.8, 4) is 0 Å². The number of nitrogens with zero attached hydrogens (tertiary/aromatic N) is 1. The molecule has 2 aromatic heterocycles. The number of rotatable bonds is 3. The minimum atomic E-state index is -0.0437. The number of hydrogen-bond acceptors (Lipinski definition) is 2. The second-order valence-electron chi connectivity index (χ2n) is 4.32. The molecule has 0 radical (unpaired) electrons. The van der Waals surface area contributed by atoms with Crippen LogP contribution in [-0.4, -0.2) is 15.9 Å². The van der Waals surface area contributed by atoms with E-state index >= 15 is 0 Å². The molecule has 0 saturated carbocycles. The van der Waals surface area contributed by atoms with Gasteiger partial charge in [-0.15, -0.1) is 0 Å². The molecule has 0 saturated heterocycles. The largest absolute Gasteiger partial charge is 0.367 e. The Bertz CT molecular complexity index is 699. The molecule has 0 bridgehead atoms. The molecule has 2 heterocycles. The van der Waals surface area contributed by atoms with Gasteiger partial charge in [0.15, 0.2) is 0 Å². The molecule has 0 aliphatic rings. The number of nitrogens with one attached hydrogen (secondary N) is 2. The molecular weight excluding hydrogens is 238 g/mol. The Labute approximate surface area is 110 Å². The van der Waals surface area contributed by atoms with Crippen LogP contribution in [0.25, 0.3) is 10.9 Å². The summed E-state index contributed by atoms with van der Waals surface area (Å²) in [7, 11) is 0. The summed E-state index contributed by atoms with van der Waals surface area (Å²) in [6.45, 7) is 0. The van der Waals surface area contributed by atoms with Crippen LogP contribution >= 0.6 is 0 Å². The smallest absolute Gasteiger partial charge is 0.228 e. The van der Waals surface area contributed by atoms with E-state index in [4.69, 9.17) is 0 Å². The minimum absolute atomic E-state index is 0.0437. The number of para-hydroxylation sites is 1. The van der Waals surface area contributed by atoms with E-state index in [1.165, 1.54) is 0 Å². The lowest BCUT2D eigenvalue weighted by atomic mass is 10.2. The SMILES string of the molecule is O=C(Cc1cc[nH]c1)Nc1cccc2cccnc12. The highest BCUT2D eigenvalue weighted by atomic mass is 16.1. The van der Waals surface area contributed by atoms with E-state index in [1.54, 1.807) is 6.20 Å². The molecule has 0 aliphatic carbocycles. The van der Waals surface area contributed by atoms with Gasteiger partial charge in [-0.25, -0.2) is 0 Å². The van der Waals surface area contributed by atoms with Gasteiger partial charge in [0.1, 0.15) is 0 Å². The van der Waals surface area contributed by atoms with Crippen molar-refractivity contribution in [1.29, 1.82) is 0 Å². The summed E-state index contributed by atoms with van der Waals surface area (Å²) in [6, 6.07) is 11.5. The van der Waals surface area contributed by atoms with Crippen molar-refractivity contribution in [3.63, 3.8) is 0 Å². The minimum Gasteiger partial charge on any atom is -0.367 e. The van der Waals surface area contributed by atoms with E-state index < -0.39 is 0 Å². The van der Waals surface area contributed by atoms with Gasteiger partial charge in [0, 0.05) is 24.0 Å². The van der Waals surface area contributed by atoms with Crippen LogP contribution in [0.4, 0.5) is 5.69 Å². The van der Waals surface area contributed by atoms with Crippen molar-refractivity contribution in [3.05, 3.63) is 60.6 Å². The van der Waals surface area contributed by atoms with Gasteiger partial charge >= 0.3 is 0 Å². The molecule has 0 spiro atoms. The third kappa shape index (κ3) is 2.47. The van der Waals surface area contributed by atoms with Crippen LogP contribution in [0.2, 0.25) is 0 Å². The van der Waals surface area contributed by atoms with E-state index in [0.717, 1.165) is 22.2 Å². The molecule has 3 aromatic rings. The second-order valence-corrected chi connectivity index (χ2v) is 4.32. The lowest BCUT2D eigenvalue weighted by Crippen LogP contribution is -2.14. The molecule has 0 atom stereocenters. The molecular formula is C15H13N3O. The maximum absolute atomic E-state index is 12.0. The first-order valence-electron chi connectivity index (χ1n) is 6.08. The molecule has 0 unspecified atom stereocenters. The first-order valence-corrected chi connectivity index (χ1v) is 6.08. The topological polar surface area (TPSA) is 57.8 Å². The van der Waals surface area contributed by atoms with E-state index in [1.807, 2.05) is 48.8 Å². The molecule has 19 heavy (non-hydrogen) atoms. The zero-order chi connectivity index (χ0) is 13.1. The monoisotopic (exact) mass is 251 g/mol. The molecule has 1 amide bonds. The lowest BCUT2D eigenvalue weighted by molar-refractivity contribution is -0.115. The van der Waals surface area contributed by atoms with E-state index in [-0.39, 0.29) is 5.91 Å². The summed E-state index contributed by atoms with van der Waals surface area (Å²) in [4.78, 5) is 19.2. The number of aromatic amines is 1. The zero-order valence-corrected chi connectivity index (χ0v) is 10.3. The Hall–Kier alpha value is -2.62. The molecule has 1 aromatic carbocycles. The average molecular weight is 251 g/mol. The standard InChI is InChI=1S/C15H13N3O/c19-14(9-11-6-8-16-10-11)18-13-5-1-3-12-4-2-7-17-15(12)13/h1-8,10,16H,9H2,(H,18,19). The van der Waals surface area contributed by atoms with E-state index in [9.17, 15) is 4.79 Å². The van der Waals surface area contributed by atoms with E-state index in [0.29, 0.717) is 6.42 Å². The molecule has 4 heteroatoms. The molecule has 0 fully saturated rings.